The average molecular weight is 384 g/mol. The molecule has 1 aliphatic rings. The van der Waals surface area contributed by atoms with Gasteiger partial charge in [-0.3, -0.25) is 9.78 Å². The summed E-state index contributed by atoms with van der Waals surface area (Å²) in [5, 5.41) is 2.91. The van der Waals surface area contributed by atoms with Gasteiger partial charge in [0.05, 0.1) is 5.54 Å². The summed E-state index contributed by atoms with van der Waals surface area (Å²) in [6.45, 7) is 0. The molecular formula is C18H23Cl2N3O2. The van der Waals surface area contributed by atoms with Crippen LogP contribution in [-0.4, -0.2) is 16.4 Å². The molecule has 7 heteroatoms. The Morgan fingerprint density at radius 3 is 2.12 bits per heavy atom. The van der Waals surface area contributed by atoms with E-state index < -0.39 is 5.54 Å². The number of hydrogen-bond acceptors (Lipinski definition) is 4. The topological polar surface area (TPSA) is 77.2 Å². The van der Waals surface area contributed by atoms with Gasteiger partial charge in [-0.2, -0.15) is 0 Å². The molecule has 0 unspecified atom stereocenters. The van der Waals surface area contributed by atoms with Gasteiger partial charge in [0.25, 0.3) is 0 Å². The molecule has 136 valence electrons. The van der Waals surface area contributed by atoms with E-state index in [-0.39, 0.29) is 30.7 Å². The van der Waals surface area contributed by atoms with Gasteiger partial charge in [0.15, 0.2) is 0 Å². The van der Waals surface area contributed by atoms with Crippen molar-refractivity contribution in [1.29, 1.82) is 0 Å². The lowest BCUT2D eigenvalue weighted by Gasteiger charge is -2.31. The van der Waals surface area contributed by atoms with E-state index in [1.54, 1.807) is 24.5 Å². The van der Waals surface area contributed by atoms with Crippen molar-refractivity contribution in [1.82, 2.24) is 4.98 Å². The number of amides is 1. The summed E-state index contributed by atoms with van der Waals surface area (Å²) in [4.78, 5) is 16.3. The van der Waals surface area contributed by atoms with Gasteiger partial charge in [-0.1, -0.05) is 19.3 Å². The van der Waals surface area contributed by atoms with Crippen LogP contribution in [0.25, 0.3) is 0 Å². The van der Waals surface area contributed by atoms with Crippen LogP contribution in [0.1, 0.15) is 32.1 Å². The van der Waals surface area contributed by atoms with E-state index in [1.807, 2.05) is 24.3 Å². The maximum absolute atomic E-state index is 12.4. The largest absolute Gasteiger partial charge is 0.457 e. The summed E-state index contributed by atoms with van der Waals surface area (Å²) < 4.78 is 5.70. The van der Waals surface area contributed by atoms with Crippen LogP contribution in [0.4, 0.5) is 5.69 Å². The third kappa shape index (κ3) is 5.59. The third-order valence-corrected chi connectivity index (χ3v) is 4.20. The Morgan fingerprint density at radius 2 is 1.52 bits per heavy atom. The van der Waals surface area contributed by atoms with Crippen molar-refractivity contribution < 1.29 is 9.53 Å². The fourth-order valence-electron chi connectivity index (χ4n) is 2.81. The minimum Gasteiger partial charge on any atom is -0.457 e. The van der Waals surface area contributed by atoms with Gasteiger partial charge in [-0.15, -0.1) is 24.8 Å². The predicted octanol–water partition coefficient (Wildman–Crippen LogP) is 4.32. The predicted molar refractivity (Wildman–Crippen MR) is 104 cm³/mol. The molecule has 0 bridgehead atoms. The number of carbonyl (C=O) groups excluding carboxylic acids is 1. The Hall–Kier alpha value is -1.82. The van der Waals surface area contributed by atoms with Gasteiger partial charge in [0.1, 0.15) is 11.5 Å². The molecule has 1 aromatic heterocycles. The molecule has 1 heterocycles. The SMILES string of the molecule is Cl.Cl.NC1(C(=O)Nc2ccc(Oc3ccncc3)cc2)CCCCC1. The van der Waals surface area contributed by atoms with Gasteiger partial charge in [0.2, 0.25) is 5.91 Å². The molecule has 1 fully saturated rings. The Morgan fingerprint density at radius 1 is 0.960 bits per heavy atom. The van der Waals surface area contributed by atoms with Crippen LogP contribution in [0.5, 0.6) is 11.5 Å². The van der Waals surface area contributed by atoms with Crippen molar-refractivity contribution in [3.05, 3.63) is 48.8 Å². The fourth-order valence-corrected chi connectivity index (χ4v) is 2.81. The molecule has 1 aliphatic carbocycles. The molecule has 3 N–H and O–H groups in total. The molecule has 3 rings (SSSR count). The van der Waals surface area contributed by atoms with E-state index in [4.69, 9.17) is 10.5 Å². The summed E-state index contributed by atoms with van der Waals surface area (Å²) in [5.41, 5.74) is 6.24. The Labute approximate surface area is 160 Å². The molecule has 25 heavy (non-hydrogen) atoms. The highest BCUT2D eigenvalue weighted by Crippen LogP contribution is 2.28. The van der Waals surface area contributed by atoms with Crippen molar-refractivity contribution in [2.24, 2.45) is 5.73 Å². The van der Waals surface area contributed by atoms with Gasteiger partial charge in [-0.25, -0.2) is 0 Å². The van der Waals surface area contributed by atoms with E-state index in [0.717, 1.165) is 43.5 Å². The van der Waals surface area contributed by atoms with Crippen LogP contribution < -0.4 is 15.8 Å². The molecular weight excluding hydrogens is 361 g/mol. The fraction of sp³-hybridized carbons (Fsp3) is 0.333. The lowest BCUT2D eigenvalue weighted by atomic mass is 9.82. The van der Waals surface area contributed by atoms with E-state index in [1.165, 1.54) is 0 Å². The second-order valence-corrected chi connectivity index (χ2v) is 5.98. The number of pyridine rings is 1. The van der Waals surface area contributed by atoms with E-state index in [2.05, 4.69) is 10.3 Å². The van der Waals surface area contributed by atoms with Crippen molar-refractivity contribution in [2.75, 3.05) is 5.32 Å². The summed E-state index contributed by atoms with van der Waals surface area (Å²) in [5.74, 6) is 1.33. The highest BCUT2D eigenvalue weighted by molar-refractivity contribution is 5.98. The molecule has 0 spiro atoms. The maximum atomic E-state index is 12.4. The van der Waals surface area contributed by atoms with Crippen molar-refractivity contribution >= 4 is 36.4 Å². The standard InChI is InChI=1S/C18H21N3O2.2ClH/c19-18(10-2-1-3-11-18)17(22)21-14-4-6-15(7-5-14)23-16-8-12-20-13-9-16;;/h4-9,12-13H,1-3,10-11,19H2,(H,21,22);2*1H. The summed E-state index contributed by atoms with van der Waals surface area (Å²) in [6.07, 6.45) is 8.05. The molecule has 0 aliphatic heterocycles. The van der Waals surface area contributed by atoms with Gasteiger partial charge in [0, 0.05) is 18.1 Å². The summed E-state index contributed by atoms with van der Waals surface area (Å²) in [7, 11) is 0. The number of nitrogens with zero attached hydrogens (tertiary/aromatic N) is 1. The first-order chi connectivity index (χ1) is 11.2. The van der Waals surface area contributed by atoms with Crippen LogP contribution >= 0.6 is 24.8 Å². The van der Waals surface area contributed by atoms with E-state index >= 15 is 0 Å². The lowest BCUT2D eigenvalue weighted by molar-refractivity contribution is -0.122. The number of benzene rings is 1. The van der Waals surface area contributed by atoms with Crippen LogP contribution in [0.15, 0.2) is 48.8 Å². The molecule has 1 saturated carbocycles. The second kappa shape index (κ2) is 9.61. The molecule has 0 saturated heterocycles. The van der Waals surface area contributed by atoms with Crippen LogP contribution in [0, 0.1) is 0 Å². The minimum absolute atomic E-state index is 0. The molecule has 1 amide bonds. The number of nitrogens with two attached hydrogens (primary N) is 1. The number of nitrogens with one attached hydrogen (secondary N) is 1. The number of halogens is 2. The monoisotopic (exact) mass is 383 g/mol. The Kier molecular flexibility index (Phi) is 8.16. The zero-order valence-corrected chi connectivity index (χ0v) is 15.4. The highest BCUT2D eigenvalue weighted by atomic mass is 35.5. The normalized spacial score (nSPS) is 15.2. The number of carbonyl (C=O) groups is 1. The minimum atomic E-state index is -0.732. The first-order valence-electron chi connectivity index (χ1n) is 7.94. The highest BCUT2D eigenvalue weighted by Gasteiger charge is 2.35. The molecule has 0 atom stereocenters. The lowest BCUT2D eigenvalue weighted by Crippen LogP contribution is -2.52. The zero-order chi connectivity index (χ0) is 16.1. The molecule has 5 nitrogen and oxygen atoms in total. The van der Waals surface area contributed by atoms with Crippen LogP contribution in [0.2, 0.25) is 0 Å². The van der Waals surface area contributed by atoms with Crippen molar-refractivity contribution in [2.45, 2.75) is 37.6 Å². The number of ether oxygens (including phenoxy) is 1. The van der Waals surface area contributed by atoms with Gasteiger partial charge >= 0.3 is 0 Å². The van der Waals surface area contributed by atoms with Gasteiger partial charge < -0.3 is 15.8 Å². The first kappa shape index (κ1) is 21.2. The number of aromatic nitrogens is 1. The quantitative estimate of drug-likeness (QED) is 0.823. The number of rotatable bonds is 4. The summed E-state index contributed by atoms with van der Waals surface area (Å²) >= 11 is 0. The molecule has 0 radical (unpaired) electrons. The number of anilines is 1. The smallest absolute Gasteiger partial charge is 0.244 e. The first-order valence-corrected chi connectivity index (χ1v) is 7.94. The average Bonchev–Trinajstić information content (AvgIpc) is 2.58. The van der Waals surface area contributed by atoms with Gasteiger partial charge in [-0.05, 0) is 49.2 Å². The van der Waals surface area contributed by atoms with E-state index in [9.17, 15) is 4.79 Å². The van der Waals surface area contributed by atoms with E-state index in [0.29, 0.717) is 5.75 Å². The molecule has 1 aromatic carbocycles. The van der Waals surface area contributed by atoms with Crippen molar-refractivity contribution in [3.63, 3.8) is 0 Å². The van der Waals surface area contributed by atoms with Crippen LogP contribution in [-0.2, 0) is 4.79 Å². The Balaban J connectivity index is 0.00000156. The van der Waals surface area contributed by atoms with Crippen LogP contribution in [0.3, 0.4) is 0 Å². The zero-order valence-electron chi connectivity index (χ0n) is 13.8. The summed E-state index contributed by atoms with van der Waals surface area (Å²) in [6, 6.07) is 10.9. The second-order valence-electron chi connectivity index (χ2n) is 5.98. The Bertz CT molecular complexity index is 660. The molecule has 2 aromatic rings. The third-order valence-electron chi connectivity index (χ3n) is 4.20. The maximum Gasteiger partial charge on any atom is 0.244 e. The van der Waals surface area contributed by atoms with Crippen molar-refractivity contribution in [3.8, 4) is 11.5 Å². The number of hydrogen-bond donors (Lipinski definition) is 2.